The molecule has 1 aromatic heterocycles. The fourth-order valence-corrected chi connectivity index (χ4v) is 1.33. The predicted octanol–water partition coefficient (Wildman–Crippen LogP) is 1.55. The van der Waals surface area contributed by atoms with Crippen LogP contribution in [0, 0.1) is 18.3 Å². The summed E-state index contributed by atoms with van der Waals surface area (Å²) in [4.78, 5) is 15.8. The Labute approximate surface area is 68.3 Å². The molecule has 56 valence electrons. The molecule has 1 aromatic rings. The smallest absolute Gasteiger partial charge is 0.205 e. The van der Waals surface area contributed by atoms with Crippen LogP contribution in [0.25, 0.3) is 0 Å². The summed E-state index contributed by atoms with van der Waals surface area (Å²) in [5.74, 6) is -0.189. The van der Waals surface area contributed by atoms with Crippen molar-refractivity contribution in [3.8, 4) is 6.07 Å². The summed E-state index contributed by atoms with van der Waals surface area (Å²) < 4.78 is 0. The van der Waals surface area contributed by atoms with E-state index in [4.69, 9.17) is 5.26 Å². The number of aryl methyl sites for hydroxylation is 1. The first-order chi connectivity index (χ1) is 5.24. The minimum Gasteiger partial charge on any atom is -0.290 e. The number of carbonyl (C=O) groups excluding carboxylic acids is 1. The summed E-state index contributed by atoms with van der Waals surface area (Å²) in [6, 6.07) is 1.79. The molecule has 0 bridgehead atoms. The van der Waals surface area contributed by atoms with Crippen LogP contribution in [0.3, 0.4) is 0 Å². The first-order valence-electron chi connectivity index (χ1n) is 3.06. The molecular formula is C7H6N2OS. The van der Waals surface area contributed by atoms with Crippen LogP contribution in [-0.4, -0.2) is 10.8 Å². The van der Waals surface area contributed by atoms with Crippen molar-refractivity contribution in [3.63, 3.8) is 0 Å². The summed E-state index contributed by atoms with van der Waals surface area (Å²) in [7, 11) is 0. The maximum Gasteiger partial charge on any atom is 0.205 e. The Kier molecular flexibility index (Phi) is 2.34. The van der Waals surface area contributed by atoms with E-state index in [1.165, 1.54) is 11.3 Å². The van der Waals surface area contributed by atoms with Crippen molar-refractivity contribution in [1.29, 1.82) is 5.26 Å². The Bertz CT molecular complexity index is 310. The molecule has 0 amide bonds. The van der Waals surface area contributed by atoms with Crippen LogP contribution in [0.2, 0.25) is 0 Å². The minimum atomic E-state index is -0.189. The van der Waals surface area contributed by atoms with E-state index in [1.807, 2.05) is 6.92 Å². The number of rotatable bonds is 2. The van der Waals surface area contributed by atoms with Crippen LogP contribution in [0.4, 0.5) is 0 Å². The van der Waals surface area contributed by atoms with Gasteiger partial charge in [-0.05, 0) is 6.92 Å². The average molecular weight is 166 g/mol. The van der Waals surface area contributed by atoms with Crippen molar-refractivity contribution >= 4 is 17.1 Å². The maximum absolute atomic E-state index is 11.0. The number of hydrogen-bond donors (Lipinski definition) is 0. The lowest BCUT2D eigenvalue weighted by atomic mass is 10.3. The molecule has 0 atom stereocenters. The van der Waals surface area contributed by atoms with E-state index in [0.29, 0.717) is 5.01 Å². The Morgan fingerprint density at radius 2 is 2.64 bits per heavy atom. The van der Waals surface area contributed by atoms with Crippen molar-refractivity contribution in [1.82, 2.24) is 4.98 Å². The normalized spacial score (nSPS) is 9.09. The van der Waals surface area contributed by atoms with Gasteiger partial charge in [0.2, 0.25) is 5.78 Å². The van der Waals surface area contributed by atoms with Crippen LogP contribution in [0.15, 0.2) is 6.20 Å². The highest BCUT2D eigenvalue weighted by Crippen LogP contribution is 2.12. The van der Waals surface area contributed by atoms with Crippen molar-refractivity contribution in [2.75, 3.05) is 0 Å². The Morgan fingerprint density at radius 1 is 1.91 bits per heavy atom. The van der Waals surface area contributed by atoms with E-state index in [-0.39, 0.29) is 12.2 Å². The summed E-state index contributed by atoms with van der Waals surface area (Å²) >= 11 is 1.32. The second kappa shape index (κ2) is 3.26. The number of hydrogen-bond acceptors (Lipinski definition) is 4. The van der Waals surface area contributed by atoms with E-state index in [0.717, 1.165) is 4.88 Å². The number of Topliss-reactive ketones (excluding diaryl/α,β-unsaturated/α-hetero) is 1. The standard InChI is InChI=1S/C7H6N2OS/c1-5-4-9-7(11-5)6(10)2-3-8/h4H,2H2,1H3. The molecule has 0 unspecified atom stereocenters. The van der Waals surface area contributed by atoms with Gasteiger partial charge in [0.25, 0.3) is 0 Å². The Morgan fingerprint density at radius 3 is 3.09 bits per heavy atom. The zero-order valence-electron chi connectivity index (χ0n) is 6.00. The molecule has 0 radical (unpaired) electrons. The summed E-state index contributed by atoms with van der Waals surface area (Å²) in [5.41, 5.74) is 0. The molecule has 0 fully saturated rings. The minimum absolute atomic E-state index is 0.0764. The highest BCUT2D eigenvalue weighted by atomic mass is 32.1. The molecule has 1 heterocycles. The molecule has 4 heteroatoms. The number of nitriles is 1. The molecule has 0 N–H and O–H groups in total. The third-order valence-electron chi connectivity index (χ3n) is 1.10. The van der Waals surface area contributed by atoms with Crippen molar-refractivity contribution in [2.24, 2.45) is 0 Å². The summed E-state index contributed by atoms with van der Waals surface area (Å²) in [6.45, 7) is 1.88. The van der Waals surface area contributed by atoms with Gasteiger partial charge in [0.15, 0.2) is 5.01 Å². The van der Waals surface area contributed by atoms with Crippen LogP contribution < -0.4 is 0 Å². The third-order valence-corrected chi connectivity index (χ3v) is 2.05. The predicted molar refractivity (Wildman–Crippen MR) is 41.4 cm³/mol. The largest absolute Gasteiger partial charge is 0.290 e. The number of aromatic nitrogens is 1. The van der Waals surface area contributed by atoms with E-state index in [9.17, 15) is 4.79 Å². The third kappa shape index (κ3) is 1.85. The number of carbonyl (C=O) groups is 1. The highest BCUT2D eigenvalue weighted by molar-refractivity contribution is 7.13. The second-order valence-corrected chi connectivity index (χ2v) is 3.27. The molecule has 1 rings (SSSR count). The zero-order chi connectivity index (χ0) is 8.27. The fourth-order valence-electron chi connectivity index (χ4n) is 0.631. The van der Waals surface area contributed by atoms with Gasteiger partial charge in [-0.15, -0.1) is 11.3 Å². The molecule has 11 heavy (non-hydrogen) atoms. The van der Waals surface area contributed by atoms with Crippen LogP contribution in [0.1, 0.15) is 21.1 Å². The monoisotopic (exact) mass is 166 g/mol. The molecule has 0 saturated carbocycles. The van der Waals surface area contributed by atoms with Crippen molar-refractivity contribution in [3.05, 3.63) is 16.1 Å². The molecule has 0 spiro atoms. The number of thiazole rings is 1. The van der Waals surface area contributed by atoms with Gasteiger partial charge in [-0.2, -0.15) is 5.26 Å². The van der Waals surface area contributed by atoms with Gasteiger partial charge in [0.05, 0.1) is 6.07 Å². The molecule has 0 aliphatic heterocycles. The SMILES string of the molecule is Cc1cnc(C(=O)CC#N)s1. The van der Waals surface area contributed by atoms with Crippen LogP contribution in [0.5, 0.6) is 0 Å². The number of nitrogens with zero attached hydrogens (tertiary/aromatic N) is 2. The second-order valence-electron chi connectivity index (χ2n) is 2.03. The molecule has 0 aliphatic rings. The molecule has 0 aliphatic carbocycles. The quantitative estimate of drug-likeness (QED) is 0.626. The van der Waals surface area contributed by atoms with E-state index < -0.39 is 0 Å². The molecule has 0 saturated heterocycles. The van der Waals surface area contributed by atoms with E-state index in [1.54, 1.807) is 12.3 Å². The van der Waals surface area contributed by atoms with Gasteiger partial charge in [-0.1, -0.05) is 0 Å². The fraction of sp³-hybridized carbons (Fsp3) is 0.286. The summed E-state index contributed by atoms with van der Waals surface area (Å²) in [6.07, 6.45) is 1.56. The Hall–Kier alpha value is -1.21. The van der Waals surface area contributed by atoms with Crippen LogP contribution >= 0.6 is 11.3 Å². The lowest BCUT2D eigenvalue weighted by molar-refractivity contribution is 0.0997. The van der Waals surface area contributed by atoms with Gasteiger partial charge in [-0.3, -0.25) is 4.79 Å². The highest BCUT2D eigenvalue weighted by Gasteiger charge is 2.08. The van der Waals surface area contributed by atoms with E-state index in [2.05, 4.69) is 4.98 Å². The molecular weight excluding hydrogens is 160 g/mol. The summed E-state index contributed by atoms with van der Waals surface area (Å²) in [5, 5.41) is 8.65. The van der Waals surface area contributed by atoms with Crippen molar-refractivity contribution < 1.29 is 4.79 Å². The van der Waals surface area contributed by atoms with E-state index >= 15 is 0 Å². The topological polar surface area (TPSA) is 53.8 Å². The lowest BCUT2D eigenvalue weighted by Gasteiger charge is -1.84. The van der Waals surface area contributed by atoms with Crippen molar-refractivity contribution in [2.45, 2.75) is 13.3 Å². The van der Waals surface area contributed by atoms with Gasteiger partial charge < -0.3 is 0 Å². The lowest BCUT2D eigenvalue weighted by Crippen LogP contribution is -1.94. The van der Waals surface area contributed by atoms with Gasteiger partial charge >= 0.3 is 0 Å². The molecule has 0 aromatic carbocycles. The maximum atomic E-state index is 11.0. The number of ketones is 1. The molecule has 3 nitrogen and oxygen atoms in total. The first kappa shape index (κ1) is 7.89. The average Bonchev–Trinajstić information content (AvgIpc) is 2.36. The first-order valence-corrected chi connectivity index (χ1v) is 3.88. The van der Waals surface area contributed by atoms with Gasteiger partial charge in [-0.25, -0.2) is 4.98 Å². The Balaban J connectivity index is 2.78. The van der Waals surface area contributed by atoms with Crippen LogP contribution in [-0.2, 0) is 0 Å². The van der Waals surface area contributed by atoms with Gasteiger partial charge in [0, 0.05) is 11.1 Å². The zero-order valence-corrected chi connectivity index (χ0v) is 6.81. The van der Waals surface area contributed by atoms with Gasteiger partial charge in [0.1, 0.15) is 6.42 Å².